The molecule has 3 rings (SSSR count). The molecule has 2 aliphatic heterocycles. The Balaban J connectivity index is 0.00000128. The number of halogens is 3. The predicted octanol–water partition coefficient (Wildman–Crippen LogP) is 1.75. The number of piperidine rings is 2. The maximum atomic E-state index is 13.5. The van der Waals surface area contributed by atoms with Gasteiger partial charge in [0.2, 0.25) is 0 Å². The Hall–Kier alpha value is -0.420. The monoisotopic (exact) mass is 255 g/mol. The quantitative estimate of drug-likeness (QED) is 0.764. The largest absolute Gasteiger partial charge is 0.465 e. The lowest BCUT2D eigenvalue weighted by molar-refractivity contribution is -0.170. The second-order valence-corrected chi connectivity index (χ2v) is 4.24. The molecule has 0 spiro atoms. The summed E-state index contributed by atoms with van der Waals surface area (Å²) in [5.74, 6) is -4.14. The van der Waals surface area contributed by atoms with Crippen LogP contribution < -0.4 is 5.32 Å². The number of carbonyl (C=O) groups excluding carboxylic acids is 1. The molecule has 3 atom stereocenters. The number of rotatable bonds is 2. The topological polar surface area (TPSA) is 38.3 Å². The molecule has 3 aliphatic rings. The van der Waals surface area contributed by atoms with Crippen LogP contribution >= 0.6 is 12.4 Å². The minimum absolute atomic E-state index is 0. The first-order chi connectivity index (χ1) is 7.04. The second kappa shape index (κ2) is 4.84. The minimum Gasteiger partial charge on any atom is -0.465 e. The van der Waals surface area contributed by atoms with E-state index in [0.29, 0.717) is 6.42 Å². The van der Waals surface area contributed by atoms with Crippen molar-refractivity contribution in [3.8, 4) is 0 Å². The highest BCUT2D eigenvalue weighted by Crippen LogP contribution is 2.44. The highest BCUT2D eigenvalue weighted by atomic mass is 35.5. The number of hydrogen-bond acceptors (Lipinski definition) is 3. The SMILES string of the molecule is CCOC(=O)[C@H]1N[C@H]2CC[C@@H]1C(F)(F)C2.Cl. The summed E-state index contributed by atoms with van der Waals surface area (Å²) in [6, 6.07) is -1.05. The molecule has 3 nitrogen and oxygen atoms in total. The van der Waals surface area contributed by atoms with Crippen LogP contribution in [0, 0.1) is 5.92 Å². The van der Waals surface area contributed by atoms with Gasteiger partial charge in [-0.1, -0.05) is 0 Å². The van der Waals surface area contributed by atoms with E-state index in [1.54, 1.807) is 6.92 Å². The maximum Gasteiger partial charge on any atom is 0.323 e. The molecule has 6 heteroatoms. The molecule has 1 aliphatic carbocycles. The molecule has 0 aromatic rings. The van der Waals surface area contributed by atoms with Crippen LogP contribution in [0.2, 0.25) is 0 Å². The number of hydrogen-bond donors (Lipinski definition) is 1. The Morgan fingerprint density at radius 2 is 2.19 bits per heavy atom. The third-order valence-electron chi connectivity index (χ3n) is 3.25. The van der Waals surface area contributed by atoms with Crippen molar-refractivity contribution < 1.29 is 18.3 Å². The van der Waals surface area contributed by atoms with Gasteiger partial charge in [0, 0.05) is 18.4 Å². The van der Waals surface area contributed by atoms with Crippen LogP contribution in [0.15, 0.2) is 0 Å². The highest BCUT2D eigenvalue weighted by molar-refractivity contribution is 5.85. The van der Waals surface area contributed by atoms with Crippen molar-refractivity contribution in [3.63, 3.8) is 0 Å². The van der Waals surface area contributed by atoms with Crippen LogP contribution in [0.25, 0.3) is 0 Å². The fourth-order valence-corrected chi connectivity index (χ4v) is 2.56. The van der Waals surface area contributed by atoms with E-state index in [-0.39, 0.29) is 31.5 Å². The van der Waals surface area contributed by atoms with Gasteiger partial charge in [-0.05, 0) is 19.8 Å². The molecule has 0 aromatic heterocycles. The average molecular weight is 256 g/mol. The summed E-state index contributed by atoms with van der Waals surface area (Å²) in [5, 5.41) is 2.94. The highest BCUT2D eigenvalue weighted by Gasteiger charge is 2.55. The molecule has 0 radical (unpaired) electrons. The molecule has 3 fully saturated rings. The lowest BCUT2D eigenvalue weighted by Crippen LogP contribution is -2.63. The summed E-state index contributed by atoms with van der Waals surface area (Å²) < 4.78 is 31.8. The maximum absolute atomic E-state index is 13.5. The van der Waals surface area contributed by atoms with Gasteiger partial charge in [0.1, 0.15) is 6.04 Å². The van der Waals surface area contributed by atoms with E-state index < -0.39 is 23.9 Å². The van der Waals surface area contributed by atoms with E-state index >= 15 is 0 Å². The van der Waals surface area contributed by atoms with Crippen LogP contribution in [0.5, 0.6) is 0 Å². The summed E-state index contributed by atoms with van der Waals surface area (Å²) >= 11 is 0. The van der Waals surface area contributed by atoms with Crippen molar-refractivity contribution in [3.05, 3.63) is 0 Å². The Morgan fingerprint density at radius 3 is 2.69 bits per heavy atom. The van der Waals surface area contributed by atoms with Crippen molar-refractivity contribution in [2.24, 2.45) is 5.92 Å². The van der Waals surface area contributed by atoms with Crippen molar-refractivity contribution >= 4 is 18.4 Å². The van der Waals surface area contributed by atoms with Crippen LogP contribution in [0.3, 0.4) is 0 Å². The summed E-state index contributed by atoms with van der Waals surface area (Å²) in [4.78, 5) is 11.5. The first-order valence-corrected chi connectivity index (χ1v) is 5.35. The fourth-order valence-electron chi connectivity index (χ4n) is 2.56. The van der Waals surface area contributed by atoms with Gasteiger partial charge in [0.05, 0.1) is 6.61 Å². The van der Waals surface area contributed by atoms with Gasteiger partial charge < -0.3 is 10.1 Å². The smallest absolute Gasteiger partial charge is 0.323 e. The van der Waals surface area contributed by atoms with E-state index in [1.165, 1.54) is 0 Å². The van der Waals surface area contributed by atoms with Crippen molar-refractivity contribution in [2.45, 2.75) is 44.2 Å². The number of alkyl halides is 2. The molecule has 0 aromatic carbocycles. The Bertz CT molecular complexity index is 276. The number of fused-ring (bicyclic) bond motifs is 3. The normalized spacial score (nSPS) is 35.3. The standard InChI is InChI=1S/C10H15F2NO2.ClH/c1-2-15-9(14)8-7-4-3-6(13-8)5-10(7,11)12;/h6-8,13H,2-5H2,1H3;1H/t6-,7-,8-;/m0./s1. The van der Waals surface area contributed by atoms with Crippen molar-refractivity contribution in [2.75, 3.05) is 6.61 Å². The molecule has 0 amide bonds. The molecule has 1 saturated carbocycles. The Labute approximate surface area is 99.3 Å². The third-order valence-corrected chi connectivity index (χ3v) is 3.25. The summed E-state index contributed by atoms with van der Waals surface area (Å²) in [7, 11) is 0. The Kier molecular flexibility index (Phi) is 4.12. The molecule has 94 valence electrons. The van der Waals surface area contributed by atoms with Crippen molar-refractivity contribution in [1.82, 2.24) is 5.32 Å². The van der Waals surface area contributed by atoms with E-state index in [0.717, 1.165) is 6.42 Å². The first kappa shape index (κ1) is 13.6. The molecule has 2 heterocycles. The van der Waals surface area contributed by atoms with E-state index in [1.807, 2.05) is 0 Å². The lowest BCUT2D eigenvalue weighted by atomic mass is 9.73. The number of nitrogens with one attached hydrogen (secondary N) is 1. The zero-order chi connectivity index (χ0) is 11.1. The summed E-state index contributed by atoms with van der Waals surface area (Å²) in [5.41, 5.74) is 0. The van der Waals surface area contributed by atoms with E-state index in [4.69, 9.17) is 4.74 Å². The minimum atomic E-state index is -2.72. The molecule has 16 heavy (non-hydrogen) atoms. The van der Waals surface area contributed by atoms with Gasteiger partial charge >= 0.3 is 5.97 Å². The van der Waals surface area contributed by atoms with E-state index in [9.17, 15) is 13.6 Å². The average Bonchev–Trinajstić information content (AvgIpc) is 2.16. The van der Waals surface area contributed by atoms with Gasteiger partial charge in [-0.15, -0.1) is 12.4 Å². The molecule has 2 saturated heterocycles. The summed E-state index contributed by atoms with van der Waals surface area (Å²) in [6.07, 6.45) is 0.998. The van der Waals surface area contributed by atoms with Gasteiger partial charge in [-0.25, -0.2) is 8.78 Å². The van der Waals surface area contributed by atoms with Crippen LogP contribution in [0.1, 0.15) is 26.2 Å². The number of ether oxygens (including phenoxy) is 1. The number of carbonyl (C=O) groups is 1. The van der Waals surface area contributed by atoms with Gasteiger partial charge in [0.15, 0.2) is 0 Å². The number of esters is 1. The fraction of sp³-hybridized carbons (Fsp3) is 0.900. The van der Waals surface area contributed by atoms with E-state index in [2.05, 4.69) is 5.32 Å². The van der Waals surface area contributed by atoms with Gasteiger partial charge in [-0.3, -0.25) is 4.79 Å². The Morgan fingerprint density at radius 1 is 1.50 bits per heavy atom. The molecular weight excluding hydrogens is 240 g/mol. The van der Waals surface area contributed by atoms with Gasteiger partial charge in [-0.2, -0.15) is 0 Å². The summed E-state index contributed by atoms with van der Waals surface area (Å²) in [6.45, 7) is 1.91. The zero-order valence-electron chi connectivity index (χ0n) is 9.04. The molecule has 0 unspecified atom stereocenters. The predicted molar refractivity (Wildman–Crippen MR) is 56.9 cm³/mol. The lowest BCUT2D eigenvalue weighted by Gasteiger charge is -2.46. The second-order valence-electron chi connectivity index (χ2n) is 4.24. The van der Waals surface area contributed by atoms with Crippen molar-refractivity contribution in [1.29, 1.82) is 0 Å². The third kappa shape index (κ3) is 2.30. The molecule has 2 bridgehead atoms. The zero-order valence-corrected chi connectivity index (χ0v) is 9.86. The molecule has 1 N–H and O–H groups in total. The molecular formula is C10H16ClF2NO2. The van der Waals surface area contributed by atoms with Gasteiger partial charge in [0.25, 0.3) is 5.92 Å². The first-order valence-electron chi connectivity index (χ1n) is 5.35. The van der Waals surface area contributed by atoms with Crippen LogP contribution in [-0.4, -0.2) is 30.6 Å². The van der Waals surface area contributed by atoms with Crippen LogP contribution in [0.4, 0.5) is 8.78 Å². The van der Waals surface area contributed by atoms with Crippen LogP contribution in [-0.2, 0) is 9.53 Å².